The van der Waals surface area contributed by atoms with Crippen LogP contribution in [-0.4, -0.2) is 90.8 Å². The molecule has 266 valence electrons. The van der Waals surface area contributed by atoms with Crippen LogP contribution >= 0.6 is 11.6 Å². The summed E-state index contributed by atoms with van der Waals surface area (Å²) in [5, 5.41) is 0.707. The van der Waals surface area contributed by atoms with Crippen LogP contribution in [0.2, 0.25) is 5.02 Å². The van der Waals surface area contributed by atoms with Crippen LogP contribution < -0.4 is 19.1 Å². The Hall–Kier alpha value is -4.80. The number of fused-ring (bicyclic) bond motifs is 1. The summed E-state index contributed by atoms with van der Waals surface area (Å²) in [7, 11) is 4.68. The van der Waals surface area contributed by atoms with Crippen molar-refractivity contribution in [1.29, 1.82) is 0 Å². The van der Waals surface area contributed by atoms with E-state index in [1.165, 1.54) is 5.56 Å². The highest BCUT2D eigenvalue weighted by atomic mass is 35.5. The number of methoxy groups -OCH3 is 3. The van der Waals surface area contributed by atoms with Crippen LogP contribution in [0.3, 0.4) is 0 Å². The summed E-state index contributed by atoms with van der Waals surface area (Å²) in [5.74, 6) is 2.24. The minimum Gasteiger partial charge on any atom is -0.493 e. The number of hydrogen-bond donors (Lipinski definition) is 1. The number of rotatable bonds is 12. The number of H-pyrrole nitrogens is 1. The number of imidazole rings is 1. The summed E-state index contributed by atoms with van der Waals surface area (Å²) >= 11 is 6.34. The number of ether oxygens (including phenoxy) is 3. The number of carbonyl (C=O) groups is 1. The van der Waals surface area contributed by atoms with Crippen molar-refractivity contribution in [2.75, 3.05) is 59.0 Å². The lowest BCUT2D eigenvalue weighted by Gasteiger charge is -2.40. The van der Waals surface area contributed by atoms with Gasteiger partial charge in [0.15, 0.2) is 11.5 Å². The number of aromatic nitrogens is 3. The first-order chi connectivity index (χ1) is 24.9. The van der Waals surface area contributed by atoms with E-state index in [0.29, 0.717) is 53.5 Å². The fraction of sp³-hybridized carbons (Fsp3) is 0.375. The molecule has 4 heterocycles. The van der Waals surface area contributed by atoms with Gasteiger partial charge in [-0.15, -0.1) is 0 Å². The van der Waals surface area contributed by atoms with Crippen LogP contribution in [-0.2, 0) is 12.0 Å². The molecular formula is C40H45ClN6O4. The van der Waals surface area contributed by atoms with Gasteiger partial charge in [0.05, 0.1) is 44.6 Å². The smallest absolute Gasteiger partial charge is 0.254 e. The minimum absolute atomic E-state index is 0.0514. The van der Waals surface area contributed by atoms with Gasteiger partial charge < -0.3 is 33.9 Å². The largest absolute Gasteiger partial charge is 0.493 e. The van der Waals surface area contributed by atoms with E-state index in [0.717, 1.165) is 68.0 Å². The van der Waals surface area contributed by atoms with Crippen molar-refractivity contribution in [3.8, 4) is 17.2 Å². The maximum absolute atomic E-state index is 14.0. The number of aromatic amines is 1. The van der Waals surface area contributed by atoms with Gasteiger partial charge in [0.25, 0.3) is 5.91 Å². The molecule has 2 aromatic heterocycles. The second-order valence-corrected chi connectivity index (χ2v) is 14.0. The van der Waals surface area contributed by atoms with Gasteiger partial charge in [-0.05, 0) is 86.3 Å². The predicted molar refractivity (Wildman–Crippen MR) is 200 cm³/mol. The molecule has 1 atom stereocenters. The monoisotopic (exact) mass is 708 g/mol. The maximum Gasteiger partial charge on any atom is 0.254 e. The van der Waals surface area contributed by atoms with Crippen molar-refractivity contribution in [3.05, 3.63) is 107 Å². The van der Waals surface area contributed by atoms with Crippen molar-refractivity contribution >= 4 is 34.5 Å². The molecule has 0 aliphatic carbocycles. The number of para-hydroxylation sites is 2. The molecule has 7 rings (SSSR count). The maximum atomic E-state index is 14.0. The van der Waals surface area contributed by atoms with E-state index in [2.05, 4.69) is 50.1 Å². The Kier molecular flexibility index (Phi) is 10.3. The molecule has 1 N–H and O–H groups in total. The lowest BCUT2D eigenvalue weighted by Crippen LogP contribution is -2.46. The van der Waals surface area contributed by atoms with Crippen LogP contribution in [0.1, 0.15) is 47.3 Å². The fourth-order valence-corrected chi connectivity index (χ4v) is 7.89. The molecule has 11 heteroatoms. The molecular weight excluding hydrogens is 664 g/mol. The first kappa shape index (κ1) is 34.6. The molecule has 5 aromatic rings. The van der Waals surface area contributed by atoms with E-state index in [-0.39, 0.29) is 11.3 Å². The number of pyridine rings is 1. The highest BCUT2D eigenvalue weighted by Gasteiger charge is 2.42. The van der Waals surface area contributed by atoms with Crippen LogP contribution in [0.15, 0.2) is 85.1 Å². The zero-order valence-corrected chi connectivity index (χ0v) is 30.2. The SMILES string of the molecule is COc1cc(C(=O)N2CCC(CCN3CCC(N(Cc4ccccn4)c4nc5ccccc5[nH]4)CC3)(c3ccc(Cl)cc3)C2)cc(OC)c1OC. The molecule has 51 heavy (non-hydrogen) atoms. The third-order valence-corrected chi connectivity index (χ3v) is 10.9. The predicted octanol–water partition coefficient (Wildman–Crippen LogP) is 6.98. The van der Waals surface area contributed by atoms with E-state index in [1.54, 1.807) is 33.5 Å². The van der Waals surface area contributed by atoms with Crippen molar-refractivity contribution in [2.45, 2.75) is 43.7 Å². The van der Waals surface area contributed by atoms with E-state index in [9.17, 15) is 4.79 Å². The number of hydrogen-bond acceptors (Lipinski definition) is 8. The molecule has 0 spiro atoms. The second-order valence-electron chi connectivity index (χ2n) is 13.5. The number of amides is 1. The Morgan fingerprint density at radius 2 is 1.67 bits per heavy atom. The highest BCUT2D eigenvalue weighted by Crippen LogP contribution is 2.42. The fourth-order valence-electron chi connectivity index (χ4n) is 7.77. The van der Waals surface area contributed by atoms with Gasteiger partial charge in [-0.3, -0.25) is 9.78 Å². The third kappa shape index (κ3) is 7.34. The van der Waals surface area contributed by atoms with Crippen molar-refractivity contribution in [3.63, 3.8) is 0 Å². The molecule has 1 amide bonds. The van der Waals surface area contributed by atoms with Gasteiger partial charge in [0.2, 0.25) is 11.7 Å². The standard InChI is InChI=1S/C40H45ClN6O4/c1-49-35-24-28(25-36(50-2)37(35)51-3)38(48)46-23-18-40(27-46,29-11-13-30(41)14-12-29)17-22-45-20-15-32(16-21-45)47(26-31-8-6-7-19-42-31)39-43-33-9-4-5-10-34(33)44-39/h4-14,19,24-25,32H,15-18,20-23,26-27H2,1-3H3,(H,43,44). The Morgan fingerprint density at radius 3 is 2.33 bits per heavy atom. The summed E-state index contributed by atoms with van der Waals surface area (Å²) in [6.07, 6.45) is 5.69. The second kappa shape index (κ2) is 15.2. The van der Waals surface area contributed by atoms with Gasteiger partial charge in [-0.2, -0.15) is 0 Å². The normalized spacial score (nSPS) is 18.2. The number of likely N-dealkylation sites (tertiary alicyclic amines) is 2. The number of halogens is 1. The average Bonchev–Trinajstić information content (AvgIpc) is 3.82. The number of nitrogens with zero attached hydrogens (tertiary/aromatic N) is 5. The zero-order valence-electron chi connectivity index (χ0n) is 29.5. The van der Waals surface area contributed by atoms with Crippen molar-refractivity contribution < 1.29 is 19.0 Å². The summed E-state index contributed by atoms with van der Waals surface area (Å²) in [6.45, 7) is 4.86. The molecule has 0 saturated carbocycles. The molecule has 2 saturated heterocycles. The van der Waals surface area contributed by atoms with E-state index < -0.39 is 0 Å². The quantitative estimate of drug-likeness (QED) is 0.148. The molecule has 1 unspecified atom stereocenters. The average molecular weight is 709 g/mol. The number of benzene rings is 3. The zero-order chi connectivity index (χ0) is 35.4. The first-order valence-corrected chi connectivity index (χ1v) is 18.0. The Labute approximate surface area is 304 Å². The van der Waals surface area contributed by atoms with E-state index in [1.807, 2.05) is 47.5 Å². The molecule has 2 aliphatic heterocycles. The minimum atomic E-state index is -0.197. The van der Waals surface area contributed by atoms with E-state index in [4.69, 9.17) is 30.8 Å². The van der Waals surface area contributed by atoms with Gasteiger partial charge >= 0.3 is 0 Å². The Bertz CT molecular complexity index is 1890. The van der Waals surface area contributed by atoms with Crippen LogP contribution in [0.5, 0.6) is 17.2 Å². The summed E-state index contributed by atoms with van der Waals surface area (Å²) in [4.78, 5) is 34.1. The lowest BCUT2D eigenvalue weighted by molar-refractivity contribution is 0.0779. The summed E-state index contributed by atoms with van der Waals surface area (Å²) in [6, 6.07) is 26.2. The van der Waals surface area contributed by atoms with Gasteiger partial charge in [-0.1, -0.05) is 41.9 Å². The third-order valence-electron chi connectivity index (χ3n) is 10.6. The number of piperidine rings is 1. The number of nitrogens with one attached hydrogen (secondary N) is 1. The molecule has 0 radical (unpaired) electrons. The van der Waals surface area contributed by atoms with Crippen LogP contribution in [0.4, 0.5) is 5.95 Å². The van der Waals surface area contributed by atoms with Crippen LogP contribution in [0.25, 0.3) is 11.0 Å². The van der Waals surface area contributed by atoms with Gasteiger partial charge in [-0.25, -0.2) is 4.98 Å². The van der Waals surface area contributed by atoms with Gasteiger partial charge in [0.1, 0.15) is 0 Å². The Balaban J connectivity index is 1.06. The number of carbonyl (C=O) groups excluding carboxylic acids is 1. The van der Waals surface area contributed by atoms with Crippen molar-refractivity contribution in [1.82, 2.24) is 24.8 Å². The summed E-state index contributed by atoms with van der Waals surface area (Å²) in [5.41, 5.74) is 4.57. The number of anilines is 1. The first-order valence-electron chi connectivity index (χ1n) is 17.6. The van der Waals surface area contributed by atoms with Gasteiger partial charge in [0, 0.05) is 54.4 Å². The molecule has 0 bridgehead atoms. The summed E-state index contributed by atoms with van der Waals surface area (Å²) < 4.78 is 16.6. The van der Waals surface area contributed by atoms with Crippen LogP contribution in [0, 0.1) is 0 Å². The Morgan fingerprint density at radius 1 is 0.941 bits per heavy atom. The molecule has 3 aromatic carbocycles. The molecule has 10 nitrogen and oxygen atoms in total. The molecule has 2 fully saturated rings. The lowest BCUT2D eigenvalue weighted by atomic mass is 9.76. The van der Waals surface area contributed by atoms with E-state index >= 15 is 0 Å². The topological polar surface area (TPSA) is 96.1 Å². The molecule has 2 aliphatic rings. The highest BCUT2D eigenvalue weighted by molar-refractivity contribution is 6.30. The van der Waals surface area contributed by atoms with Crippen molar-refractivity contribution in [2.24, 2.45) is 0 Å².